The van der Waals surface area contributed by atoms with Crippen molar-refractivity contribution >= 4 is 29.1 Å². The Morgan fingerprint density at radius 1 is 1.03 bits per heavy atom. The number of nitrogens with zero attached hydrogens (tertiary/aromatic N) is 4. The molecule has 2 aromatic rings. The van der Waals surface area contributed by atoms with Gasteiger partial charge in [-0.2, -0.15) is 5.01 Å². The molecule has 4 rings (SSSR count). The van der Waals surface area contributed by atoms with Crippen molar-refractivity contribution < 1.29 is 24.2 Å². The molecule has 1 aliphatic heterocycles. The molecule has 1 aliphatic carbocycles. The van der Waals surface area contributed by atoms with E-state index in [2.05, 4.69) is 0 Å². The quantitative estimate of drug-likeness (QED) is 0.276. The summed E-state index contributed by atoms with van der Waals surface area (Å²) >= 11 is 0. The van der Waals surface area contributed by atoms with Crippen molar-refractivity contribution in [1.29, 1.82) is 0 Å². The number of fused-ring (bicyclic) bond motifs is 1. The monoisotopic (exact) mass is 464 g/mol. The predicted molar refractivity (Wildman–Crippen MR) is 118 cm³/mol. The Hall–Kier alpha value is -4.41. The zero-order valence-electron chi connectivity index (χ0n) is 18.1. The van der Waals surface area contributed by atoms with Crippen molar-refractivity contribution in [2.75, 3.05) is 0 Å². The lowest BCUT2D eigenvalue weighted by molar-refractivity contribution is -0.385. The van der Waals surface area contributed by atoms with Gasteiger partial charge in [-0.3, -0.25) is 34.6 Å². The number of para-hydroxylation sites is 1. The SMILES string of the molecule is C[C@@H]1C=CC[C@H]2C(=O)N(N(Cc3ccccc3[N+](=O)[O-])C(=O)c3ccc([N+](=O)[O-])cc3)C(=O)[C@@H]12. The van der Waals surface area contributed by atoms with Crippen molar-refractivity contribution in [3.05, 3.63) is 92.0 Å². The number of benzene rings is 2. The summed E-state index contributed by atoms with van der Waals surface area (Å²) in [5.74, 6) is -3.39. The van der Waals surface area contributed by atoms with Gasteiger partial charge in [0.1, 0.15) is 0 Å². The molecule has 0 radical (unpaired) electrons. The van der Waals surface area contributed by atoms with E-state index in [0.717, 1.165) is 22.2 Å². The van der Waals surface area contributed by atoms with E-state index in [-0.39, 0.29) is 28.4 Å². The number of hydrazine groups is 1. The highest BCUT2D eigenvalue weighted by Gasteiger charge is 2.53. The first-order valence-electron chi connectivity index (χ1n) is 10.5. The highest BCUT2D eigenvalue weighted by molar-refractivity contribution is 6.08. The minimum Gasteiger partial charge on any atom is -0.272 e. The summed E-state index contributed by atoms with van der Waals surface area (Å²) < 4.78 is 0. The van der Waals surface area contributed by atoms with Crippen LogP contribution >= 0.6 is 0 Å². The number of allylic oxidation sites excluding steroid dienone is 2. The normalized spacial score (nSPS) is 21.3. The molecule has 2 aliphatic rings. The number of hydrogen-bond acceptors (Lipinski definition) is 7. The fraction of sp³-hybridized carbons (Fsp3) is 0.261. The fourth-order valence-corrected chi connectivity index (χ4v) is 4.46. The van der Waals surface area contributed by atoms with Gasteiger partial charge in [0.15, 0.2) is 0 Å². The predicted octanol–water partition coefficient (Wildman–Crippen LogP) is 3.26. The van der Waals surface area contributed by atoms with Gasteiger partial charge in [0, 0.05) is 23.8 Å². The van der Waals surface area contributed by atoms with Crippen LogP contribution in [0.15, 0.2) is 60.7 Å². The molecule has 0 saturated carbocycles. The zero-order valence-corrected chi connectivity index (χ0v) is 18.1. The minimum absolute atomic E-state index is 0.00849. The van der Waals surface area contributed by atoms with E-state index >= 15 is 0 Å². The summed E-state index contributed by atoms with van der Waals surface area (Å²) in [6.45, 7) is 1.40. The molecular formula is C23H20N4O7. The molecule has 0 N–H and O–H groups in total. The van der Waals surface area contributed by atoms with Crippen LogP contribution < -0.4 is 0 Å². The lowest BCUT2D eigenvalue weighted by Crippen LogP contribution is -2.50. The van der Waals surface area contributed by atoms with E-state index < -0.39 is 45.9 Å². The summed E-state index contributed by atoms with van der Waals surface area (Å²) in [4.78, 5) is 61.4. The van der Waals surface area contributed by atoms with Gasteiger partial charge < -0.3 is 0 Å². The van der Waals surface area contributed by atoms with Crippen LogP contribution in [0.3, 0.4) is 0 Å². The number of carbonyl (C=O) groups is 3. The lowest BCUT2D eigenvalue weighted by atomic mass is 9.78. The Labute approximate surface area is 193 Å². The van der Waals surface area contributed by atoms with Gasteiger partial charge in [-0.05, 0) is 24.5 Å². The Kier molecular flexibility index (Phi) is 5.93. The molecule has 0 spiro atoms. The van der Waals surface area contributed by atoms with Crippen molar-refractivity contribution in [2.45, 2.75) is 19.9 Å². The third kappa shape index (κ3) is 3.91. The molecule has 11 heteroatoms. The van der Waals surface area contributed by atoms with Crippen LogP contribution in [-0.2, 0) is 16.1 Å². The molecule has 174 valence electrons. The van der Waals surface area contributed by atoms with Gasteiger partial charge in [0.2, 0.25) is 0 Å². The maximum absolute atomic E-state index is 13.5. The second-order valence-corrected chi connectivity index (χ2v) is 8.20. The van der Waals surface area contributed by atoms with Gasteiger partial charge in [0.05, 0.1) is 33.8 Å². The van der Waals surface area contributed by atoms with Crippen LogP contribution in [0.4, 0.5) is 11.4 Å². The van der Waals surface area contributed by atoms with Gasteiger partial charge in [-0.1, -0.05) is 37.3 Å². The van der Waals surface area contributed by atoms with Crippen LogP contribution in [0.2, 0.25) is 0 Å². The van der Waals surface area contributed by atoms with Crippen molar-refractivity contribution in [1.82, 2.24) is 10.0 Å². The molecule has 0 bridgehead atoms. The Bertz CT molecular complexity index is 1220. The standard InChI is InChI=1S/C23H20N4O7/c1-14-5-4-7-18-20(14)23(30)25(22(18)29)24(13-16-6-2-3-8-19(16)27(33)34)21(28)15-9-11-17(12-10-15)26(31)32/h2-6,8-12,14,18,20H,7,13H2,1H3/t14-,18-,20+/m1/s1. The Morgan fingerprint density at radius 2 is 1.71 bits per heavy atom. The number of amides is 3. The van der Waals surface area contributed by atoms with Gasteiger partial charge >= 0.3 is 0 Å². The second-order valence-electron chi connectivity index (χ2n) is 8.20. The second kappa shape index (κ2) is 8.85. The number of non-ortho nitro benzene ring substituents is 1. The van der Waals surface area contributed by atoms with E-state index in [4.69, 9.17) is 0 Å². The molecule has 0 aromatic heterocycles. The van der Waals surface area contributed by atoms with Crippen molar-refractivity contribution in [2.24, 2.45) is 17.8 Å². The zero-order chi connectivity index (χ0) is 24.6. The van der Waals surface area contributed by atoms with E-state index in [9.17, 15) is 34.6 Å². The van der Waals surface area contributed by atoms with Gasteiger partial charge in [-0.15, -0.1) is 0 Å². The van der Waals surface area contributed by atoms with Crippen LogP contribution in [0.1, 0.15) is 29.3 Å². The maximum Gasteiger partial charge on any atom is 0.274 e. The van der Waals surface area contributed by atoms with Crippen molar-refractivity contribution in [3.8, 4) is 0 Å². The number of nitro benzene ring substituents is 2. The van der Waals surface area contributed by atoms with Crippen LogP contribution in [0.25, 0.3) is 0 Å². The number of imide groups is 1. The summed E-state index contributed by atoms with van der Waals surface area (Å²) in [5.41, 5.74) is -0.383. The molecule has 2 aromatic carbocycles. The van der Waals surface area contributed by atoms with Crippen LogP contribution in [-0.4, -0.2) is 37.6 Å². The number of rotatable bonds is 6. The smallest absolute Gasteiger partial charge is 0.272 e. The average molecular weight is 464 g/mol. The molecule has 0 unspecified atom stereocenters. The summed E-state index contributed by atoms with van der Waals surface area (Å²) in [5, 5.41) is 24.2. The van der Waals surface area contributed by atoms with E-state index in [1.165, 1.54) is 30.3 Å². The topological polar surface area (TPSA) is 144 Å². The highest BCUT2D eigenvalue weighted by Crippen LogP contribution is 2.40. The third-order valence-corrected chi connectivity index (χ3v) is 6.16. The van der Waals surface area contributed by atoms with E-state index in [0.29, 0.717) is 6.42 Å². The number of nitro groups is 2. The molecule has 3 atom stereocenters. The molecule has 34 heavy (non-hydrogen) atoms. The largest absolute Gasteiger partial charge is 0.274 e. The lowest BCUT2D eigenvalue weighted by Gasteiger charge is -2.30. The van der Waals surface area contributed by atoms with Crippen molar-refractivity contribution in [3.63, 3.8) is 0 Å². The molecule has 1 saturated heterocycles. The summed E-state index contributed by atoms with van der Waals surface area (Å²) in [7, 11) is 0. The Balaban J connectivity index is 1.76. The van der Waals surface area contributed by atoms with E-state index in [1.807, 2.05) is 19.1 Å². The molecule has 1 fully saturated rings. The number of hydrogen-bond donors (Lipinski definition) is 0. The van der Waals surface area contributed by atoms with E-state index in [1.54, 1.807) is 6.07 Å². The first-order chi connectivity index (χ1) is 16.2. The summed E-state index contributed by atoms with van der Waals surface area (Å²) in [6, 6.07) is 10.4. The summed E-state index contributed by atoms with van der Waals surface area (Å²) in [6.07, 6.45) is 4.02. The van der Waals surface area contributed by atoms with Crippen LogP contribution in [0.5, 0.6) is 0 Å². The molecule has 3 amide bonds. The Morgan fingerprint density at radius 3 is 2.32 bits per heavy atom. The molecule has 1 heterocycles. The minimum atomic E-state index is -0.783. The first-order valence-corrected chi connectivity index (χ1v) is 10.5. The average Bonchev–Trinajstić information content (AvgIpc) is 3.08. The fourth-order valence-electron chi connectivity index (χ4n) is 4.46. The van der Waals surface area contributed by atoms with Crippen LogP contribution in [0, 0.1) is 38.0 Å². The first kappa shape index (κ1) is 22.8. The number of carbonyl (C=O) groups excluding carboxylic acids is 3. The third-order valence-electron chi connectivity index (χ3n) is 6.16. The molecule has 11 nitrogen and oxygen atoms in total. The highest BCUT2D eigenvalue weighted by atomic mass is 16.6. The molecular weight excluding hydrogens is 444 g/mol. The maximum atomic E-state index is 13.5. The van der Waals surface area contributed by atoms with Gasteiger partial charge in [-0.25, -0.2) is 5.01 Å². The van der Waals surface area contributed by atoms with Gasteiger partial charge in [0.25, 0.3) is 29.1 Å².